The Balaban J connectivity index is 2.24. The van der Waals surface area contributed by atoms with Crippen molar-refractivity contribution in [3.63, 3.8) is 0 Å². The summed E-state index contributed by atoms with van der Waals surface area (Å²) in [5, 5.41) is 9.68. The molecule has 0 saturated carbocycles. The number of fused-ring (bicyclic) bond motifs is 1. The van der Waals surface area contributed by atoms with Crippen LogP contribution in [0.5, 0.6) is 5.88 Å². The van der Waals surface area contributed by atoms with Crippen molar-refractivity contribution in [3.05, 3.63) is 35.9 Å². The van der Waals surface area contributed by atoms with Crippen molar-refractivity contribution in [2.75, 3.05) is 6.61 Å². The Morgan fingerprint density at radius 1 is 1.26 bits per heavy atom. The van der Waals surface area contributed by atoms with Crippen molar-refractivity contribution in [3.8, 4) is 11.9 Å². The molecule has 2 aromatic rings. The highest BCUT2D eigenvalue weighted by atomic mass is 19.4. The molecule has 0 bridgehead atoms. The number of hydrogen-bond donors (Lipinski definition) is 0. The first-order valence-electron chi connectivity index (χ1n) is 5.49. The van der Waals surface area contributed by atoms with E-state index in [2.05, 4.69) is 4.98 Å². The minimum absolute atomic E-state index is 0.0644. The molecule has 0 aliphatic carbocycles. The Labute approximate surface area is 107 Å². The van der Waals surface area contributed by atoms with E-state index in [1.54, 1.807) is 30.3 Å². The molecule has 0 aliphatic rings. The summed E-state index contributed by atoms with van der Waals surface area (Å²) in [5.41, 5.74) is 0.699. The van der Waals surface area contributed by atoms with Gasteiger partial charge in [-0.15, -0.1) is 0 Å². The largest absolute Gasteiger partial charge is 0.476 e. The lowest BCUT2D eigenvalue weighted by atomic mass is 10.1. The third-order valence-electron chi connectivity index (χ3n) is 2.43. The fourth-order valence-corrected chi connectivity index (χ4v) is 1.55. The zero-order valence-electron chi connectivity index (χ0n) is 9.74. The van der Waals surface area contributed by atoms with Gasteiger partial charge < -0.3 is 4.74 Å². The molecule has 0 saturated heterocycles. The third-order valence-corrected chi connectivity index (χ3v) is 2.43. The molecule has 98 valence electrons. The summed E-state index contributed by atoms with van der Waals surface area (Å²) in [7, 11) is 0. The molecule has 0 amide bonds. The van der Waals surface area contributed by atoms with E-state index in [9.17, 15) is 13.2 Å². The maximum absolute atomic E-state index is 12.0. The number of alkyl halides is 3. The molecule has 1 aromatic heterocycles. The van der Waals surface area contributed by atoms with Gasteiger partial charge in [0.05, 0.1) is 18.5 Å². The van der Waals surface area contributed by atoms with Crippen molar-refractivity contribution in [2.24, 2.45) is 0 Å². The first-order valence-corrected chi connectivity index (χ1v) is 5.49. The van der Waals surface area contributed by atoms with Gasteiger partial charge >= 0.3 is 6.18 Å². The third kappa shape index (κ3) is 3.35. The van der Waals surface area contributed by atoms with Crippen LogP contribution in [-0.2, 0) is 0 Å². The molecule has 0 spiro atoms. The molecule has 19 heavy (non-hydrogen) atoms. The van der Waals surface area contributed by atoms with Gasteiger partial charge in [0.25, 0.3) is 0 Å². The van der Waals surface area contributed by atoms with Crippen LogP contribution in [0.1, 0.15) is 12.0 Å². The van der Waals surface area contributed by atoms with Crippen LogP contribution >= 0.6 is 0 Å². The van der Waals surface area contributed by atoms with Gasteiger partial charge in [-0.3, -0.25) is 0 Å². The van der Waals surface area contributed by atoms with Gasteiger partial charge in [0.1, 0.15) is 11.6 Å². The number of nitrogens with zero attached hydrogens (tertiary/aromatic N) is 2. The summed E-state index contributed by atoms with van der Waals surface area (Å²) in [4.78, 5) is 4.05. The number of hydrogen-bond acceptors (Lipinski definition) is 3. The Kier molecular flexibility index (Phi) is 3.56. The highest BCUT2D eigenvalue weighted by Crippen LogP contribution is 2.23. The fourth-order valence-electron chi connectivity index (χ4n) is 1.55. The van der Waals surface area contributed by atoms with E-state index in [4.69, 9.17) is 10.00 Å². The standard InChI is InChI=1S/C13H9F3N2O/c14-13(15,16)5-6-19-12-10(8-17)7-9-3-1-2-4-11(9)18-12/h1-4,7H,5-6H2. The van der Waals surface area contributed by atoms with Crippen LogP contribution in [0.3, 0.4) is 0 Å². The lowest BCUT2D eigenvalue weighted by molar-refractivity contribution is -0.139. The maximum atomic E-state index is 12.0. The topological polar surface area (TPSA) is 45.9 Å². The van der Waals surface area contributed by atoms with E-state index < -0.39 is 19.2 Å². The second-order valence-electron chi connectivity index (χ2n) is 3.86. The highest BCUT2D eigenvalue weighted by Gasteiger charge is 2.27. The van der Waals surface area contributed by atoms with Gasteiger partial charge in [0.2, 0.25) is 5.88 Å². The fraction of sp³-hybridized carbons (Fsp3) is 0.231. The van der Waals surface area contributed by atoms with E-state index in [0.29, 0.717) is 5.52 Å². The minimum atomic E-state index is -4.29. The summed E-state index contributed by atoms with van der Waals surface area (Å²) in [6, 6.07) is 10.4. The van der Waals surface area contributed by atoms with Gasteiger partial charge in [-0.05, 0) is 12.1 Å². The molecule has 2 rings (SSSR count). The van der Waals surface area contributed by atoms with Gasteiger partial charge in [-0.1, -0.05) is 18.2 Å². The number of ether oxygens (including phenoxy) is 1. The van der Waals surface area contributed by atoms with Crippen LogP contribution in [0.25, 0.3) is 10.9 Å². The predicted molar refractivity (Wildman–Crippen MR) is 62.6 cm³/mol. The van der Waals surface area contributed by atoms with Crippen molar-refractivity contribution in [1.82, 2.24) is 4.98 Å². The smallest absolute Gasteiger partial charge is 0.392 e. The van der Waals surface area contributed by atoms with E-state index in [1.165, 1.54) is 0 Å². The Hall–Kier alpha value is -2.29. The number of benzene rings is 1. The number of pyridine rings is 1. The summed E-state index contributed by atoms with van der Waals surface area (Å²) in [6.07, 6.45) is -5.37. The maximum Gasteiger partial charge on any atom is 0.392 e. The molecular weight excluding hydrogens is 257 g/mol. The first-order chi connectivity index (χ1) is 8.99. The monoisotopic (exact) mass is 266 g/mol. The molecule has 0 aliphatic heterocycles. The number of nitriles is 1. The average molecular weight is 266 g/mol. The molecule has 0 fully saturated rings. The van der Waals surface area contributed by atoms with E-state index in [-0.39, 0.29) is 11.4 Å². The number of aromatic nitrogens is 1. The van der Waals surface area contributed by atoms with Crippen molar-refractivity contribution >= 4 is 10.9 Å². The summed E-state index contributed by atoms with van der Waals surface area (Å²) in [5.74, 6) is -0.0644. The zero-order valence-corrected chi connectivity index (χ0v) is 9.74. The molecule has 1 heterocycles. The number of para-hydroxylation sites is 1. The van der Waals surface area contributed by atoms with E-state index in [0.717, 1.165) is 5.39 Å². The molecule has 3 nitrogen and oxygen atoms in total. The van der Waals surface area contributed by atoms with Crippen LogP contribution in [0.15, 0.2) is 30.3 Å². The predicted octanol–water partition coefficient (Wildman–Crippen LogP) is 3.44. The van der Waals surface area contributed by atoms with Crippen LogP contribution < -0.4 is 4.74 Å². The molecular formula is C13H9F3N2O. The SMILES string of the molecule is N#Cc1cc2ccccc2nc1OCCC(F)(F)F. The van der Waals surface area contributed by atoms with Crippen LogP contribution in [-0.4, -0.2) is 17.8 Å². The lowest BCUT2D eigenvalue weighted by Gasteiger charge is -2.09. The molecule has 0 unspecified atom stereocenters. The summed E-state index contributed by atoms with van der Waals surface area (Å²) >= 11 is 0. The molecule has 0 atom stereocenters. The molecule has 1 aromatic carbocycles. The van der Waals surface area contributed by atoms with Gasteiger partial charge in [-0.2, -0.15) is 18.4 Å². The quantitative estimate of drug-likeness (QED) is 0.854. The summed E-state index contributed by atoms with van der Waals surface area (Å²) in [6.45, 7) is -0.552. The van der Waals surface area contributed by atoms with Crippen LogP contribution in [0.2, 0.25) is 0 Å². The van der Waals surface area contributed by atoms with Gasteiger partial charge in [0.15, 0.2) is 0 Å². The van der Waals surface area contributed by atoms with Crippen molar-refractivity contribution < 1.29 is 17.9 Å². The molecule has 0 radical (unpaired) electrons. The molecule has 0 N–H and O–H groups in total. The Morgan fingerprint density at radius 2 is 2.00 bits per heavy atom. The van der Waals surface area contributed by atoms with Gasteiger partial charge in [0, 0.05) is 5.39 Å². The second-order valence-corrected chi connectivity index (χ2v) is 3.86. The number of halogens is 3. The van der Waals surface area contributed by atoms with E-state index >= 15 is 0 Å². The van der Waals surface area contributed by atoms with E-state index in [1.807, 2.05) is 6.07 Å². The van der Waals surface area contributed by atoms with Crippen molar-refractivity contribution in [2.45, 2.75) is 12.6 Å². The minimum Gasteiger partial charge on any atom is -0.476 e. The number of rotatable bonds is 3. The first kappa shape index (κ1) is 13.1. The molecule has 6 heteroatoms. The highest BCUT2D eigenvalue weighted by molar-refractivity contribution is 5.80. The normalized spacial score (nSPS) is 11.3. The Morgan fingerprint density at radius 3 is 2.68 bits per heavy atom. The summed E-state index contributed by atoms with van der Waals surface area (Å²) < 4.78 is 41.0. The van der Waals surface area contributed by atoms with Gasteiger partial charge in [-0.25, -0.2) is 4.98 Å². The second kappa shape index (κ2) is 5.14. The van der Waals surface area contributed by atoms with Crippen molar-refractivity contribution in [1.29, 1.82) is 5.26 Å². The lowest BCUT2D eigenvalue weighted by Crippen LogP contribution is -2.13. The van der Waals surface area contributed by atoms with Crippen LogP contribution in [0, 0.1) is 11.3 Å². The Bertz CT molecular complexity index is 632. The van der Waals surface area contributed by atoms with Crippen LogP contribution in [0.4, 0.5) is 13.2 Å². The zero-order chi connectivity index (χ0) is 13.9. The average Bonchev–Trinajstić information content (AvgIpc) is 2.36.